The maximum atomic E-state index is 11.3. The summed E-state index contributed by atoms with van der Waals surface area (Å²) in [5.41, 5.74) is 0.504. The number of ether oxygens (including phenoxy) is 2. The van der Waals surface area contributed by atoms with Gasteiger partial charge in [-0.25, -0.2) is 9.79 Å². The Kier molecular flexibility index (Phi) is 10.7. The summed E-state index contributed by atoms with van der Waals surface area (Å²) in [5.74, 6) is -0.299. The van der Waals surface area contributed by atoms with Gasteiger partial charge in [0.05, 0.1) is 13.2 Å². The summed E-state index contributed by atoms with van der Waals surface area (Å²) >= 11 is 0. The Bertz CT molecular complexity index is 323. The molecule has 6 nitrogen and oxygen atoms in total. The van der Waals surface area contributed by atoms with Crippen LogP contribution in [0.2, 0.25) is 0 Å². The molecule has 1 atom stereocenters. The fourth-order valence-electron chi connectivity index (χ4n) is 1.21. The molecule has 0 amide bonds. The SMILES string of the molecule is C=C(C)C(O)OCCOC(=O)CCCCCN=C=O. The first-order chi connectivity index (χ1) is 9.07. The molecule has 0 aromatic carbocycles. The number of aliphatic hydroxyl groups is 1. The largest absolute Gasteiger partial charge is 0.463 e. The number of rotatable bonds is 11. The molecule has 0 bridgehead atoms. The highest BCUT2D eigenvalue weighted by Gasteiger charge is 2.05. The van der Waals surface area contributed by atoms with Crippen molar-refractivity contribution in [2.75, 3.05) is 19.8 Å². The molecule has 0 aromatic rings. The molecule has 1 N–H and O–H groups in total. The van der Waals surface area contributed by atoms with Crippen molar-refractivity contribution in [3.05, 3.63) is 12.2 Å². The lowest BCUT2D eigenvalue weighted by Crippen LogP contribution is -2.17. The van der Waals surface area contributed by atoms with Crippen molar-refractivity contribution in [3.8, 4) is 0 Å². The first kappa shape index (κ1) is 17.5. The highest BCUT2D eigenvalue weighted by Crippen LogP contribution is 2.02. The minimum Gasteiger partial charge on any atom is -0.463 e. The Morgan fingerprint density at radius 1 is 1.37 bits per heavy atom. The second-order valence-electron chi connectivity index (χ2n) is 4.07. The van der Waals surface area contributed by atoms with Crippen LogP contribution in [0.4, 0.5) is 0 Å². The molecule has 0 fully saturated rings. The number of carbonyl (C=O) groups excluding carboxylic acids is 2. The van der Waals surface area contributed by atoms with Crippen LogP contribution in [-0.4, -0.2) is 43.2 Å². The van der Waals surface area contributed by atoms with E-state index in [-0.39, 0.29) is 19.2 Å². The number of unbranched alkanes of at least 4 members (excludes halogenated alkanes) is 2. The maximum Gasteiger partial charge on any atom is 0.305 e. The van der Waals surface area contributed by atoms with Crippen molar-refractivity contribution >= 4 is 12.0 Å². The van der Waals surface area contributed by atoms with Gasteiger partial charge in [-0.05, 0) is 25.3 Å². The fourth-order valence-corrected chi connectivity index (χ4v) is 1.21. The molecule has 0 aromatic heterocycles. The minimum absolute atomic E-state index is 0.110. The third kappa shape index (κ3) is 11.3. The van der Waals surface area contributed by atoms with Gasteiger partial charge in [0, 0.05) is 6.42 Å². The van der Waals surface area contributed by atoms with Gasteiger partial charge in [-0.2, -0.15) is 0 Å². The summed E-state index contributed by atoms with van der Waals surface area (Å²) in [5, 5.41) is 9.24. The van der Waals surface area contributed by atoms with Crippen molar-refractivity contribution in [3.63, 3.8) is 0 Å². The average molecular weight is 271 g/mol. The Morgan fingerprint density at radius 2 is 2.11 bits per heavy atom. The first-order valence-electron chi connectivity index (χ1n) is 6.22. The number of carbonyl (C=O) groups is 1. The minimum atomic E-state index is -1.02. The highest BCUT2D eigenvalue weighted by molar-refractivity contribution is 5.69. The third-order valence-electron chi connectivity index (χ3n) is 2.26. The summed E-state index contributed by atoms with van der Waals surface area (Å²) in [6.45, 7) is 5.86. The van der Waals surface area contributed by atoms with Gasteiger partial charge in [0.25, 0.3) is 0 Å². The number of aliphatic hydroxyl groups excluding tert-OH is 1. The number of aliphatic imine (C=N–C) groups is 1. The average Bonchev–Trinajstić information content (AvgIpc) is 2.38. The molecule has 0 spiro atoms. The van der Waals surface area contributed by atoms with Gasteiger partial charge in [0.1, 0.15) is 6.61 Å². The van der Waals surface area contributed by atoms with Gasteiger partial charge >= 0.3 is 5.97 Å². The summed E-state index contributed by atoms with van der Waals surface area (Å²) < 4.78 is 9.86. The molecule has 19 heavy (non-hydrogen) atoms. The van der Waals surface area contributed by atoms with Gasteiger partial charge in [-0.1, -0.05) is 13.0 Å². The first-order valence-corrected chi connectivity index (χ1v) is 6.22. The van der Waals surface area contributed by atoms with Crippen LogP contribution in [0.5, 0.6) is 0 Å². The molecule has 0 aliphatic rings. The second-order valence-corrected chi connectivity index (χ2v) is 4.07. The van der Waals surface area contributed by atoms with Gasteiger partial charge in [-0.15, -0.1) is 0 Å². The number of hydrogen-bond acceptors (Lipinski definition) is 6. The van der Waals surface area contributed by atoms with Crippen molar-refractivity contribution < 1.29 is 24.2 Å². The predicted molar refractivity (Wildman–Crippen MR) is 69.2 cm³/mol. The van der Waals surface area contributed by atoms with E-state index in [9.17, 15) is 14.7 Å². The van der Waals surface area contributed by atoms with E-state index in [1.165, 1.54) is 6.08 Å². The zero-order valence-electron chi connectivity index (χ0n) is 11.3. The third-order valence-corrected chi connectivity index (χ3v) is 2.26. The molecule has 0 aliphatic heterocycles. The van der Waals surface area contributed by atoms with Gasteiger partial charge in [0.2, 0.25) is 6.08 Å². The van der Waals surface area contributed by atoms with Crippen LogP contribution < -0.4 is 0 Å². The smallest absolute Gasteiger partial charge is 0.305 e. The molecule has 0 heterocycles. The van der Waals surface area contributed by atoms with E-state index in [2.05, 4.69) is 11.6 Å². The molecule has 108 valence electrons. The quantitative estimate of drug-likeness (QED) is 0.153. The molecule has 0 aliphatic carbocycles. The van der Waals surface area contributed by atoms with Crippen LogP contribution in [0.1, 0.15) is 32.6 Å². The number of nitrogens with zero attached hydrogens (tertiary/aromatic N) is 1. The zero-order chi connectivity index (χ0) is 14.5. The van der Waals surface area contributed by atoms with E-state index in [0.717, 1.165) is 12.8 Å². The molecule has 0 rings (SSSR count). The van der Waals surface area contributed by atoms with Crippen LogP contribution >= 0.6 is 0 Å². The lowest BCUT2D eigenvalue weighted by atomic mass is 10.2. The van der Waals surface area contributed by atoms with Crippen LogP contribution in [0, 0.1) is 0 Å². The second kappa shape index (κ2) is 11.6. The van der Waals surface area contributed by atoms with Crippen LogP contribution in [0.25, 0.3) is 0 Å². The van der Waals surface area contributed by atoms with E-state index in [1.54, 1.807) is 6.92 Å². The predicted octanol–water partition coefficient (Wildman–Crippen LogP) is 1.34. The molecule has 0 saturated carbocycles. The van der Waals surface area contributed by atoms with Gasteiger partial charge < -0.3 is 14.6 Å². The lowest BCUT2D eigenvalue weighted by molar-refractivity contribution is -0.148. The van der Waals surface area contributed by atoms with Gasteiger partial charge in [-0.3, -0.25) is 4.79 Å². The Balaban J connectivity index is 3.39. The highest BCUT2D eigenvalue weighted by atomic mass is 16.6. The zero-order valence-corrected chi connectivity index (χ0v) is 11.3. The fraction of sp³-hybridized carbons (Fsp3) is 0.692. The number of hydrogen-bond donors (Lipinski definition) is 1. The molecular formula is C13H21NO5. The van der Waals surface area contributed by atoms with E-state index in [1.807, 2.05) is 0 Å². The van der Waals surface area contributed by atoms with Crippen molar-refractivity contribution in [2.24, 2.45) is 4.99 Å². The molecular weight excluding hydrogens is 250 g/mol. The Hall–Kier alpha value is -1.49. The lowest BCUT2D eigenvalue weighted by Gasteiger charge is -2.11. The maximum absolute atomic E-state index is 11.3. The van der Waals surface area contributed by atoms with Crippen LogP contribution in [-0.2, 0) is 19.1 Å². The van der Waals surface area contributed by atoms with Crippen molar-refractivity contribution in [2.45, 2.75) is 38.9 Å². The Morgan fingerprint density at radius 3 is 2.74 bits per heavy atom. The molecule has 0 radical (unpaired) electrons. The Labute approximate surface area is 113 Å². The summed E-state index contributed by atoms with van der Waals surface area (Å²) in [4.78, 5) is 24.5. The summed E-state index contributed by atoms with van der Waals surface area (Å²) in [6, 6.07) is 0. The topological polar surface area (TPSA) is 85.2 Å². The molecule has 6 heteroatoms. The van der Waals surface area contributed by atoms with E-state index in [0.29, 0.717) is 25.0 Å². The molecule has 0 saturated heterocycles. The summed E-state index contributed by atoms with van der Waals surface area (Å²) in [7, 11) is 0. The van der Waals surface area contributed by atoms with Gasteiger partial charge in [0.15, 0.2) is 6.29 Å². The van der Waals surface area contributed by atoms with Crippen molar-refractivity contribution in [1.82, 2.24) is 0 Å². The van der Waals surface area contributed by atoms with Crippen molar-refractivity contribution in [1.29, 1.82) is 0 Å². The van der Waals surface area contributed by atoms with Crippen LogP contribution in [0.3, 0.4) is 0 Å². The van der Waals surface area contributed by atoms with E-state index < -0.39 is 6.29 Å². The summed E-state index contributed by atoms with van der Waals surface area (Å²) in [6.07, 6.45) is 3.04. The van der Waals surface area contributed by atoms with E-state index in [4.69, 9.17) is 9.47 Å². The van der Waals surface area contributed by atoms with Crippen LogP contribution in [0.15, 0.2) is 17.1 Å². The van der Waals surface area contributed by atoms with E-state index >= 15 is 0 Å². The normalized spacial score (nSPS) is 11.5. The standard InChI is InChI=1S/C13H21NO5/c1-11(2)13(17)19-9-8-18-12(16)6-4-3-5-7-14-10-15/h13,17H,1,3-9H2,2H3. The number of isocyanates is 1. The number of esters is 1. The monoisotopic (exact) mass is 271 g/mol. The molecule has 1 unspecified atom stereocenters.